The zero-order chi connectivity index (χ0) is 20.1. The number of allylic oxidation sites excluding steroid dienone is 2. The molecule has 0 bridgehead atoms. The molecule has 0 saturated carbocycles. The number of ketones is 1. The number of hydrogen-bond acceptors (Lipinski definition) is 4. The predicted molar refractivity (Wildman–Crippen MR) is 106 cm³/mol. The van der Waals surface area contributed by atoms with Gasteiger partial charge in [-0.1, -0.05) is 26.0 Å². The molecule has 0 aromatic heterocycles. The molecule has 0 radical (unpaired) electrons. The summed E-state index contributed by atoms with van der Waals surface area (Å²) in [5, 5.41) is 3.47. The molecule has 0 fully saturated rings. The number of Topliss-reactive ketones (excluding diaryl/α,β-unsaturated/α-hetero) is 1. The third-order valence-corrected chi connectivity index (χ3v) is 5.56. The van der Waals surface area contributed by atoms with Gasteiger partial charge in [0.2, 0.25) is 0 Å². The Morgan fingerprint density at radius 1 is 1.04 bits per heavy atom. The lowest BCUT2D eigenvalue weighted by atomic mass is 9.68. The van der Waals surface area contributed by atoms with Crippen molar-refractivity contribution in [1.29, 1.82) is 0 Å². The molecule has 2 aromatic rings. The van der Waals surface area contributed by atoms with Crippen molar-refractivity contribution in [1.82, 2.24) is 0 Å². The van der Waals surface area contributed by atoms with Crippen molar-refractivity contribution < 1.29 is 18.7 Å². The number of carbonyl (C=O) groups excluding carboxylic acids is 1. The Bertz CT molecular complexity index is 976. The van der Waals surface area contributed by atoms with Crippen molar-refractivity contribution in [2.45, 2.75) is 32.6 Å². The molecule has 5 heteroatoms. The van der Waals surface area contributed by atoms with E-state index in [1.165, 1.54) is 12.1 Å². The van der Waals surface area contributed by atoms with Gasteiger partial charge in [0.05, 0.1) is 14.2 Å². The highest BCUT2D eigenvalue weighted by molar-refractivity contribution is 6.01. The van der Waals surface area contributed by atoms with Gasteiger partial charge in [-0.3, -0.25) is 4.79 Å². The number of fused-ring (bicyclic) bond motifs is 1. The molecule has 1 atom stereocenters. The summed E-state index contributed by atoms with van der Waals surface area (Å²) in [4.78, 5) is 13.2. The average Bonchev–Trinajstić information content (AvgIpc) is 2.65. The lowest BCUT2D eigenvalue weighted by Gasteiger charge is -2.39. The monoisotopic (exact) mass is 381 g/mol. The fraction of sp³-hybridized carbons (Fsp3) is 0.348. The Hall–Kier alpha value is -2.82. The molecular weight excluding hydrogens is 357 g/mol. The minimum atomic E-state index is -0.296. The van der Waals surface area contributed by atoms with Gasteiger partial charge in [0, 0.05) is 35.4 Å². The van der Waals surface area contributed by atoms with Crippen LogP contribution in [0.5, 0.6) is 11.5 Å². The molecule has 2 aromatic carbocycles. The Labute approximate surface area is 164 Å². The molecule has 1 aliphatic heterocycles. The molecule has 28 heavy (non-hydrogen) atoms. The topological polar surface area (TPSA) is 47.6 Å². The summed E-state index contributed by atoms with van der Waals surface area (Å²) in [6, 6.07) is 10.2. The molecule has 146 valence electrons. The zero-order valence-electron chi connectivity index (χ0n) is 16.6. The fourth-order valence-corrected chi connectivity index (χ4v) is 4.34. The van der Waals surface area contributed by atoms with Crippen LogP contribution in [-0.4, -0.2) is 20.0 Å². The Morgan fingerprint density at radius 2 is 1.68 bits per heavy atom. The second-order valence-electron chi connectivity index (χ2n) is 8.24. The highest BCUT2D eigenvalue weighted by Crippen LogP contribution is 2.51. The van der Waals surface area contributed by atoms with Gasteiger partial charge < -0.3 is 14.8 Å². The van der Waals surface area contributed by atoms with Crippen molar-refractivity contribution in [3.8, 4) is 11.5 Å². The van der Waals surface area contributed by atoms with Crippen LogP contribution in [0, 0.1) is 11.2 Å². The smallest absolute Gasteiger partial charge is 0.162 e. The van der Waals surface area contributed by atoms with Crippen molar-refractivity contribution in [2.75, 3.05) is 19.5 Å². The van der Waals surface area contributed by atoms with Gasteiger partial charge >= 0.3 is 0 Å². The molecule has 4 nitrogen and oxygen atoms in total. The van der Waals surface area contributed by atoms with Crippen LogP contribution in [0.2, 0.25) is 0 Å². The lowest BCUT2D eigenvalue weighted by molar-refractivity contribution is -0.118. The number of ether oxygens (including phenoxy) is 2. The first-order valence-corrected chi connectivity index (χ1v) is 9.37. The largest absolute Gasteiger partial charge is 0.493 e. The molecule has 4 rings (SSSR count). The van der Waals surface area contributed by atoms with Gasteiger partial charge in [-0.25, -0.2) is 4.39 Å². The summed E-state index contributed by atoms with van der Waals surface area (Å²) in [5.41, 5.74) is 4.30. The van der Waals surface area contributed by atoms with Crippen LogP contribution >= 0.6 is 0 Å². The van der Waals surface area contributed by atoms with Gasteiger partial charge in [-0.05, 0) is 41.2 Å². The van der Waals surface area contributed by atoms with Crippen LogP contribution < -0.4 is 14.8 Å². The summed E-state index contributed by atoms with van der Waals surface area (Å²) in [6.07, 6.45) is 1.27. The molecule has 0 unspecified atom stereocenters. The van der Waals surface area contributed by atoms with E-state index in [2.05, 4.69) is 19.2 Å². The normalized spacial score (nSPS) is 20.2. The molecule has 0 amide bonds. The van der Waals surface area contributed by atoms with E-state index in [1.54, 1.807) is 26.4 Å². The number of anilines is 1. The predicted octanol–water partition coefficient (Wildman–Crippen LogP) is 5.04. The molecule has 1 aliphatic carbocycles. The minimum Gasteiger partial charge on any atom is -0.493 e. The average molecular weight is 381 g/mol. The maximum Gasteiger partial charge on any atom is 0.162 e. The number of rotatable bonds is 3. The van der Waals surface area contributed by atoms with Crippen molar-refractivity contribution in [2.24, 2.45) is 5.41 Å². The van der Waals surface area contributed by atoms with Gasteiger partial charge in [-0.15, -0.1) is 0 Å². The standard InChI is InChI=1S/C23H24FNO3/c1-23(2)11-17-22(18(26)12-23)21(13-5-7-14(24)8-6-13)15-9-19(27-3)20(28-4)10-16(15)25-17/h5-10,21,25H,11-12H2,1-4H3/t21-/m0/s1. The first-order chi connectivity index (χ1) is 13.3. The summed E-state index contributed by atoms with van der Waals surface area (Å²) in [6.45, 7) is 4.21. The van der Waals surface area contributed by atoms with E-state index in [0.29, 0.717) is 17.9 Å². The summed E-state index contributed by atoms with van der Waals surface area (Å²) in [5.74, 6) is 0.791. The number of halogens is 1. The maximum absolute atomic E-state index is 13.6. The molecular formula is C23H24FNO3. The third kappa shape index (κ3) is 3.05. The van der Waals surface area contributed by atoms with Crippen LogP contribution in [-0.2, 0) is 4.79 Å². The van der Waals surface area contributed by atoms with Gasteiger partial charge in [0.25, 0.3) is 0 Å². The van der Waals surface area contributed by atoms with Crippen LogP contribution in [0.3, 0.4) is 0 Å². The quantitative estimate of drug-likeness (QED) is 0.809. The summed E-state index contributed by atoms with van der Waals surface area (Å²) >= 11 is 0. The molecule has 0 saturated heterocycles. The van der Waals surface area contributed by atoms with Crippen LogP contribution in [0.25, 0.3) is 0 Å². The molecule has 2 aliphatic rings. The number of methoxy groups -OCH3 is 2. The molecule has 0 spiro atoms. The maximum atomic E-state index is 13.6. The van der Waals surface area contributed by atoms with Crippen molar-refractivity contribution in [3.05, 3.63) is 64.6 Å². The first-order valence-electron chi connectivity index (χ1n) is 9.37. The van der Waals surface area contributed by atoms with E-state index < -0.39 is 0 Å². The van der Waals surface area contributed by atoms with Crippen molar-refractivity contribution in [3.63, 3.8) is 0 Å². The second kappa shape index (κ2) is 6.66. The van der Waals surface area contributed by atoms with E-state index in [4.69, 9.17) is 9.47 Å². The highest BCUT2D eigenvalue weighted by Gasteiger charge is 2.41. The van der Waals surface area contributed by atoms with E-state index >= 15 is 0 Å². The number of carbonyl (C=O) groups is 1. The van der Waals surface area contributed by atoms with E-state index in [0.717, 1.165) is 34.5 Å². The van der Waals surface area contributed by atoms with Crippen LogP contribution in [0.4, 0.5) is 10.1 Å². The van der Waals surface area contributed by atoms with Crippen LogP contribution in [0.1, 0.15) is 43.7 Å². The van der Waals surface area contributed by atoms with E-state index in [-0.39, 0.29) is 22.9 Å². The Kier molecular flexibility index (Phi) is 4.41. The van der Waals surface area contributed by atoms with Crippen LogP contribution in [0.15, 0.2) is 47.7 Å². The molecule has 1 heterocycles. The second-order valence-corrected chi connectivity index (χ2v) is 8.24. The first kappa shape index (κ1) is 18.5. The van der Waals surface area contributed by atoms with Gasteiger partial charge in [-0.2, -0.15) is 0 Å². The Morgan fingerprint density at radius 3 is 2.32 bits per heavy atom. The third-order valence-electron chi connectivity index (χ3n) is 5.56. The summed E-state index contributed by atoms with van der Waals surface area (Å²) in [7, 11) is 3.19. The zero-order valence-corrected chi connectivity index (χ0v) is 16.6. The Balaban J connectivity index is 1.95. The van der Waals surface area contributed by atoms with E-state index in [9.17, 15) is 9.18 Å². The summed E-state index contributed by atoms with van der Waals surface area (Å²) < 4.78 is 24.5. The fourth-order valence-electron chi connectivity index (χ4n) is 4.34. The SMILES string of the molecule is COc1cc2c(cc1OC)[C@H](c1ccc(F)cc1)C1=C(CC(C)(C)CC1=O)N2. The van der Waals surface area contributed by atoms with Gasteiger partial charge in [0.1, 0.15) is 5.82 Å². The number of nitrogens with one attached hydrogen (secondary N) is 1. The highest BCUT2D eigenvalue weighted by atomic mass is 19.1. The lowest BCUT2D eigenvalue weighted by Crippen LogP contribution is -2.33. The number of hydrogen-bond donors (Lipinski definition) is 1. The van der Waals surface area contributed by atoms with Gasteiger partial charge in [0.15, 0.2) is 17.3 Å². The minimum absolute atomic E-state index is 0.107. The number of benzene rings is 2. The van der Waals surface area contributed by atoms with E-state index in [1.807, 2.05) is 12.1 Å². The molecule has 1 N–H and O–H groups in total. The van der Waals surface area contributed by atoms with Crippen molar-refractivity contribution >= 4 is 11.5 Å².